The lowest BCUT2D eigenvalue weighted by atomic mass is 9.49. The second kappa shape index (κ2) is 6.05. The lowest BCUT2D eigenvalue weighted by Crippen LogP contribution is -2.63. The van der Waals surface area contributed by atoms with Gasteiger partial charge in [-0.1, -0.05) is 19.4 Å². The van der Waals surface area contributed by atoms with Crippen molar-refractivity contribution in [2.45, 2.75) is 56.9 Å². The summed E-state index contributed by atoms with van der Waals surface area (Å²) in [6.45, 7) is 2.96. The molecule has 1 heterocycles. The average Bonchev–Trinajstić information content (AvgIpc) is 2.61. The van der Waals surface area contributed by atoms with Gasteiger partial charge in [-0.2, -0.15) is 5.26 Å². The largest absolute Gasteiger partial charge is 0.497 e. The lowest BCUT2D eigenvalue weighted by molar-refractivity contribution is -0.130. The number of rotatable bonds is 3. The number of hydrogen-bond acceptors (Lipinski definition) is 4. The number of carbonyl (C=O) groups excluding carboxylic acids is 1. The van der Waals surface area contributed by atoms with Crippen LogP contribution < -0.4 is 4.74 Å². The van der Waals surface area contributed by atoms with E-state index in [1.165, 1.54) is 11.1 Å². The molecule has 1 aromatic carbocycles. The third kappa shape index (κ3) is 2.36. The Bertz CT molecular complexity index is 738. The summed E-state index contributed by atoms with van der Waals surface area (Å²) in [4.78, 5) is 14.7. The SMILES string of the molecule is CCCC1CC(=O)C[C@]23CCN(C#N)[C@H](Cc4ccc(OC)cc42)[C@H]13. The molecule has 4 rings (SSSR count). The Labute approximate surface area is 149 Å². The molecule has 0 spiro atoms. The van der Waals surface area contributed by atoms with Gasteiger partial charge in [-0.3, -0.25) is 4.79 Å². The van der Waals surface area contributed by atoms with Crippen molar-refractivity contribution < 1.29 is 9.53 Å². The normalized spacial score (nSPS) is 33.2. The van der Waals surface area contributed by atoms with Gasteiger partial charge in [0.1, 0.15) is 11.5 Å². The summed E-state index contributed by atoms with van der Waals surface area (Å²) in [5.41, 5.74) is 2.52. The zero-order valence-electron chi connectivity index (χ0n) is 15.1. The Morgan fingerprint density at radius 3 is 2.96 bits per heavy atom. The second-order valence-electron chi connectivity index (χ2n) is 7.99. The summed E-state index contributed by atoms with van der Waals surface area (Å²) < 4.78 is 5.49. The highest BCUT2D eigenvalue weighted by atomic mass is 16.5. The van der Waals surface area contributed by atoms with Gasteiger partial charge in [-0.05, 0) is 54.4 Å². The number of methoxy groups -OCH3 is 1. The fourth-order valence-electron chi connectivity index (χ4n) is 6.00. The number of ketones is 1. The summed E-state index contributed by atoms with van der Waals surface area (Å²) in [7, 11) is 1.70. The smallest absolute Gasteiger partial charge is 0.179 e. The summed E-state index contributed by atoms with van der Waals surface area (Å²) in [6.07, 6.45) is 7.74. The van der Waals surface area contributed by atoms with Gasteiger partial charge in [0, 0.05) is 30.8 Å². The molecule has 132 valence electrons. The van der Waals surface area contributed by atoms with E-state index in [2.05, 4.69) is 25.2 Å². The summed E-state index contributed by atoms with van der Waals surface area (Å²) in [6, 6.07) is 6.57. The Morgan fingerprint density at radius 2 is 2.24 bits per heavy atom. The van der Waals surface area contributed by atoms with Crippen molar-refractivity contribution in [3.63, 3.8) is 0 Å². The van der Waals surface area contributed by atoms with Crippen LogP contribution in [0.15, 0.2) is 18.2 Å². The standard InChI is InChI=1S/C21H26N2O2/c1-3-4-15-9-16(24)12-21-7-8-23(13-22)19(20(15)21)10-14-5-6-17(25-2)11-18(14)21/h5-6,11,15,19-20H,3-4,7-10,12H2,1-2H3/t15?,19-,20+,21-/m1/s1. The fraction of sp³-hybridized carbons (Fsp3) is 0.619. The fourth-order valence-corrected chi connectivity index (χ4v) is 6.00. The quantitative estimate of drug-likeness (QED) is 0.792. The minimum atomic E-state index is -0.102. The summed E-state index contributed by atoms with van der Waals surface area (Å²) in [5, 5.41) is 9.68. The number of likely N-dealkylation sites (tertiary alicyclic amines) is 1. The highest BCUT2D eigenvalue weighted by Crippen LogP contribution is 2.57. The topological polar surface area (TPSA) is 53.3 Å². The number of carbonyl (C=O) groups is 1. The average molecular weight is 338 g/mol. The number of Topliss-reactive ketones (excluding diaryl/α,β-unsaturated/α-hetero) is 1. The zero-order chi connectivity index (χ0) is 17.6. The Balaban J connectivity index is 1.89. The van der Waals surface area contributed by atoms with E-state index in [1.807, 2.05) is 11.0 Å². The van der Waals surface area contributed by atoms with E-state index in [1.54, 1.807) is 7.11 Å². The minimum absolute atomic E-state index is 0.102. The first kappa shape index (κ1) is 16.4. The summed E-state index contributed by atoms with van der Waals surface area (Å²) in [5.74, 6) is 2.07. The first-order valence-electron chi connectivity index (χ1n) is 9.48. The predicted octanol–water partition coefficient (Wildman–Crippen LogP) is 3.44. The third-order valence-corrected chi connectivity index (χ3v) is 6.83. The molecule has 0 radical (unpaired) electrons. The molecule has 3 aliphatic rings. The van der Waals surface area contributed by atoms with Crippen molar-refractivity contribution in [3.05, 3.63) is 29.3 Å². The van der Waals surface area contributed by atoms with Crippen molar-refractivity contribution in [1.29, 1.82) is 5.26 Å². The van der Waals surface area contributed by atoms with Crippen LogP contribution >= 0.6 is 0 Å². The maximum absolute atomic E-state index is 12.7. The molecule has 2 aliphatic carbocycles. The first-order valence-corrected chi connectivity index (χ1v) is 9.48. The van der Waals surface area contributed by atoms with Gasteiger partial charge >= 0.3 is 0 Å². The molecule has 0 aromatic heterocycles. The number of nitriles is 1. The molecule has 25 heavy (non-hydrogen) atoms. The number of fused-ring (bicyclic) bond motifs is 1. The third-order valence-electron chi connectivity index (χ3n) is 6.83. The van der Waals surface area contributed by atoms with E-state index < -0.39 is 0 Å². The number of piperidine rings is 1. The van der Waals surface area contributed by atoms with Crippen LogP contribution in [0.3, 0.4) is 0 Å². The van der Waals surface area contributed by atoms with Crippen molar-refractivity contribution in [1.82, 2.24) is 4.90 Å². The molecule has 4 heteroatoms. The van der Waals surface area contributed by atoms with Crippen LogP contribution in [-0.4, -0.2) is 30.4 Å². The molecule has 1 unspecified atom stereocenters. The van der Waals surface area contributed by atoms with Crippen LogP contribution in [0.1, 0.15) is 50.2 Å². The molecule has 4 nitrogen and oxygen atoms in total. The molecule has 2 fully saturated rings. The lowest BCUT2D eigenvalue weighted by Gasteiger charge is -2.59. The minimum Gasteiger partial charge on any atom is -0.497 e. The highest BCUT2D eigenvalue weighted by Gasteiger charge is 2.58. The molecule has 1 aliphatic heterocycles. The molecule has 1 saturated carbocycles. The van der Waals surface area contributed by atoms with Crippen molar-refractivity contribution in [2.24, 2.45) is 11.8 Å². The van der Waals surface area contributed by atoms with Gasteiger partial charge in [0.15, 0.2) is 6.19 Å². The van der Waals surface area contributed by atoms with E-state index in [0.29, 0.717) is 30.5 Å². The van der Waals surface area contributed by atoms with Crippen molar-refractivity contribution >= 4 is 5.78 Å². The van der Waals surface area contributed by atoms with Crippen LogP contribution in [-0.2, 0) is 16.6 Å². The van der Waals surface area contributed by atoms with Gasteiger partial charge in [-0.25, -0.2) is 0 Å². The Hall–Kier alpha value is -2.02. The highest BCUT2D eigenvalue weighted by molar-refractivity contribution is 5.82. The van der Waals surface area contributed by atoms with Gasteiger partial charge in [0.05, 0.1) is 7.11 Å². The molecule has 0 N–H and O–H groups in total. The van der Waals surface area contributed by atoms with Crippen LogP contribution in [0.25, 0.3) is 0 Å². The van der Waals surface area contributed by atoms with Gasteiger partial charge < -0.3 is 9.64 Å². The summed E-state index contributed by atoms with van der Waals surface area (Å²) >= 11 is 0. The first-order chi connectivity index (χ1) is 12.1. The van der Waals surface area contributed by atoms with E-state index in [4.69, 9.17) is 4.74 Å². The molecular formula is C21H26N2O2. The number of ether oxygens (including phenoxy) is 1. The number of benzene rings is 1. The van der Waals surface area contributed by atoms with Crippen LogP contribution in [0.4, 0.5) is 0 Å². The van der Waals surface area contributed by atoms with Crippen molar-refractivity contribution in [2.75, 3.05) is 13.7 Å². The van der Waals surface area contributed by atoms with Crippen LogP contribution in [0.5, 0.6) is 5.75 Å². The zero-order valence-corrected chi connectivity index (χ0v) is 15.1. The maximum atomic E-state index is 12.7. The van der Waals surface area contributed by atoms with Gasteiger partial charge in [0.2, 0.25) is 0 Å². The predicted molar refractivity (Wildman–Crippen MR) is 95.2 cm³/mol. The molecule has 1 aromatic rings. The monoisotopic (exact) mass is 338 g/mol. The molecule has 0 amide bonds. The van der Waals surface area contributed by atoms with Gasteiger partial charge in [-0.15, -0.1) is 0 Å². The molecule has 4 atom stereocenters. The van der Waals surface area contributed by atoms with Crippen LogP contribution in [0, 0.1) is 23.3 Å². The Kier molecular flexibility index (Phi) is 3.98. The maximum Gasteiger partial charge on any atom is 0.179 e. The molecular weight excluding hydrogens is 312 g/mol. The van der Waals surface area contributed by atoms with E-state index in [-0.39, 0.29) is 11.5 Å². The molecule has 1 saturated heterocycles. The van der Waals surface area contributed by atoms with Crippen LogP contribution in [0.2, 0.25) is 0 Å². The van der Waals surface area contributed by atoms with Crippen molar-refractivity contribution in [3.8, 4) is 11.9 Å². The Morgan fingerprint density at radius 1 is 1.40 bits per heavy atom. The van der Waals surface area contributed by atoms with Gasteiger partial charge in [0.25, 0.3) is 0 Å². The number of nitrogens with zero attached hydrogens (tertiary/aromatic N) is 2. The van der Waals surface area contributed by atoms with E-state index in [9.17, 15) is 10.1 Å². The molecule has 2 bridgehead atoms. The van der Waals surface area contributed by atoms with E-state index >= 15 is 0 Å². The number of hydrogen-bond donors (Lipinski definition) is 0. The van der Waals surface area contributed by atoms with E-state index in [0.717, 1.165) is 38.0 Å². The second-order valence-corrected chi connectivity index (χ2v) is 7.99.